The number of Topliss-reactive ketones (excluding diaryl/α,β-unsaturated/α-hetero) is 1. The van der Waals surface area contributed by atoms with Gasteiger partial charge in [-0.1, -0.05) is 24.5 Å². The largest absolute Gasteiger partial charge is 0.497 e. The van der Waals surface area contributed by atoms with Crippen molar-refractivity contribution in [3.05, 3.63) is 29.8 Å². The molecule has 1 aliphatic carbocycles. The first-order valence-corrected chi connectivity index (χ1v) is 7.17. The van der Waals surface area contributed by atoms with Crippen molar-refractivity contribution < 1.29 is 22.7 Å². The molecule has 0 saturated heterocycles. The summed E-state index contributed by atoms with van der Waals surface area (Å²) in [5.74, 6) is 3.04. The van der Waals surface area contributed by atoms with Crippen LogP contribution in [0.4, 0.5) is 13.2 Å². The normalized spacial score (nSPS) is 20.0. The number of ether oxygens (including phenoxy) is 1. The average molecular weight is 310 g/mol. The third kappa shape index (κ3) is 4.27. The maximum Gasteiger partial charge on any atom is 0.457 e. The number of carbonyl (C=O) groups excluding carboxylic acids is 1. The molecule has 2 nitrogen and oxygen atoms in total. The second kappa shape index (κ2) is 6.87. The van der Waals surface area contributed by atoms with E-state index in [4.69, 9.17) is 4.74 Å². The van der Waals surface area contributed by atoms with Crippen LogP contribution in [0.1, 0.15) is 37.2 Å². The number of ketones is 1. The van der Waals surface area contributed by atoms with Crippen LogP contribution in [-0.4, -0.2) is 19.1 Å². The molecule has 1 aliphatic rings. The Hall–Kier alpha value is -1.96. The van der Waals surface area contributed by atoms with E-state index in [2.05, 4.69) is 5.92 Å². The van der Waals surface area contributed by atoms with E-state index in [1.165, 1.54) is 13.0 Å². The highest BCUT2D eigenvalue weighted by molar-refractivity contribution is 5.83. The summed E-state index contributed by atoms with van der Waals surface area (Å²) in [5.41, 5.74) is 0.623. The molecule has 118 valence electrons. The van der Waals surface area contributed by atoms with Gasteiger partial charge in [0, 0.05) is 18.3 Å². The Morgan fingerprint density at radius 3 is 2.45 bits per heavy atom. The van der Waals surface area contributed by atoms with Gasteiger partial charge in [-0.05, 0) is 30.5 Å². The highest BCUT2D eigenvalue weighted by Crippen LogP contribution is 2.34. The van der Waals surface area contributed by atoms with Crippen LogP contribution in [0.2, 0.25) is 0 Å². The first kappa shape index (κ1) is 16.4. The van der Waals surface area contributed by atoms with Crippen LogP contribution in [0.5, 0.6) is 5.75 Å². The minimum Gasteiger partial charge on any atom is -0.497 e. The smallest absolute Gasteiger partial charge is 0.457 e. The fourth-order valence-electron chi connectivity index (χ4n) is 2.75. The van der Waals surface area contributed by atoms with Gasteiger partial charge in [0.15, 0.2) is 0 Å². The van der Waals surface area contributed by atoms with Gasteiger partial charge in [0.25, 0.3) is 0 Å². The maximum atomic E-state index is 12.4. The van der Waals surface area contributed by atoms with Crippen molar-refractivity contribution in [3.8, 4) is 17.6 Å². The summed E-state index contributed by atoms with van der Waals surface area (Å²) in [4.78, 5) is 12.1. The van der Waals surface area contributed by atoms with Gasteiger partial charge in [-0.25, -0.2) is 0 Å². The van der Waals surface area contributed by atoms with Gasteiger partial charge in [0.05, 0.1) is 13.0 Å². The van der Waals surface area contributed by atoms with E-state index in [0.29, 0.717) is 24.2 Å². The van der Waals surface area contributed by atoms with Crippen LogP contribution < -0.4 is 4.74 Å². The number of halogens is 3. The van der Waals surface area contributed by atoms with E-state index in [9.17, 15) is 18.0 Å². The highest BCUT2D eigenvalue weighted by Gasteiger charge is 2.31. The Labute approximate surface area is 127 Å². The van der Waals surface area contributed by atoms with Crippen LogP contribution in [-0.2, 0) is 4.79 Å². The molecule has 0 amide bonds. The molecule has 5 heteroatoms. The SMILES string of the molecule is COc1ccc(C(C#CC(F)(F)F)C2CCCCC2=O)cc1. The Kier molecular flexibility index (Phi) is 5.12. The predicted molar refractivity (Wildman–Crippen MR) is 76.5 cm³/mol. The van der Waals surface area contributed by atoms with Crippen molar-refractivity contribution in [2.75, 3.05) is 7.11 Å². The zero-order valence-corrected chi connectivity index (χ0v) is 12.2. The Bertz CT molecular complexity index is 579. The Balaban J connectivity index is 2.34. The van der Waals surface area contributed by atoms with E-state index < -0.39 is 18.0 Å². The maximum absolute atomic E-state index is 12.4. The van der Waals surface area contributed by atoms with Gasteiger partial charge in [0.1, 0.15) is 11.5 Å². The molecule has 0 heterocycles. The van der Waals surface area contributed by atoms with Crippen LogP contribution in [0.25, 0.3) is 0 Å². The fourth-order valence-corrected chi connectivity index (χ4v) is 2.75. The predicted octanol–water partition coefficient (Wildman–Crippen LogP) is 4.10. The fraction of sp³-hybridized carbons (Fsp3) is 0.471. The zero-order valence-electron chi connectivity index (χ0n) is 12.2. The molecular weight excluding hydrogens is 293 g/mol. The summed E-state index contributed by atoms with van der Waals surface area (Å²) in [6.45, 7) is 0. The minimum absolute atomic E-state index is 0.00328. The number of methoxy groups -OCH3 is 1. The molecule has 0 aliphatic heterocycles. The molecule has 0 bridgehead atoms. The molecule has 1 aromatic rings. The number of carbonyl (C=O) groups is 1. The third-order valence-corrected chi connectivity index (χ3v) is 3.85. The van der Waals surface area contributed by atoms with E-state index in [-0.39, 0.29) is 5.78 Å². The molecule has 22 heavy (non-hydrogen) atoms. The Morgan fingerprint density at radius 1 is 1.23 bits per heavy atom. The third-order valence-electron chi connectivity index (χ3n) is 3.85. The van der Waals surface area contributed by atoms with Crippen molar-refractivity contribution in [3.63, 3.8) is 0 Å². The van der Waals surface area contributed by atoms with Gasteiger partial charge in [-0.15, -0.1) is 0 Å². The highest BCUT2D eigenvalue weighted by atomic mass is 19.4. The lowest BCUT2D eigenvalue weighted by Gasteiger charge is -2.26. The van der Waals surface area contributed by atoms with Crippen LogP contribution in [0.3, 0.4) is 0 Å². The summed E-state index contributed by atoms with van der Waals surface area (Å²) in [7, 11) is 1.51. The number of benzene rings is 1. The van der Waals surface area contributed by atoms with Gasteiger partial charge >= 0.3 is 6.18 Å². The van der Waals surface area contributed by atoms with Crippen molar-refractivity contribution in [1.82, 2.24) is 0 Å². The molecule has 0 spiro atoms. The topological polar surface area (TPSA) is 26.3 Å². The van der Waals surface area contributed by atoms with E-state index >= 15 is 0 Å². The van der Waals surface area contributed by atoms with Crippen LogP contribution >= 0.6 is 0 Å². The number of alkyl halides is 3. The molecule has 0 N–H and O–H groups in total. The summed E-state index contributed by atoms with van der Waals surface area (Å²) >= 11 is 0. The van der Waals surface area contributed by atoms with Crippen molar-refractivity contribution in [1.29, 1.82) is 0 Å². The van der Waals surface area contributed by atoms with Crippen molar-refractivity contribution in [2.45, 2.75) is 37.8 Å². The summed E-state index contributed by atoms with van der Waals surface area (Å²) < 4.78 is 42.4. The number of hydrogen-bond acceptors (Lipinski definition) is 2. The lowest BCUT2D eigenvalue weighted by atomic mass is 9.76. The molecule has 1 fully saturated rings. The lowest BCUT2D eigenvalue weighted by Crippen LogP contribution is -2.25. The van der Waals surface area contributed by atoms with E-state index in [1.807, 2.05) is 0 Å². The quantitative estimate of drug-likeness (QED) is 0.786. The molecule has 1 saturated carbocycles. The lowest BCUT2D eigenvalue weighted by molar-refractivity contribution is -0.124. The van der Waals surface area contributed by atoms with Gasteiger partial charge in [0.2, 0.25) is 0 Å². The molecule has 1 aromatic carbocycles. The molecule has 2 atom stereocenters. The summed E-state index contributed by atoms with van der Waals surface area (Å²) in [5, 5.41) is 0. The summed E-state index contributed by atoms with van der Waals surface area (Å²) in [6, 6.07) is 6.70. The molecule has 2 unspecified atom stereocenters. The monoisotopic (exact) mass is 310 g/mol. The van der Waals surface area contributed by atoms with E-state index in [0.717, 1.165) is 12.8 Å². The molecule has 0 aromatic heterocycles. The second-order valence-electron chi connectivity index (χ2n) is 5.34. The number of rotatable bonds is 3. The van der Waals surface area contributed by atoms with Crippen LogP contribution in [0, 0.1) is 17.8 Å². The van der Waals surface area contributed by atoms with Gasteiger partial charge < -0.3 is 4.74 Å². The first-order valence-electron chi connectivity index (χ1n) is 7.17. The van der Waals surface area contributed by atoms with Gasteiger partial charge in [-0.2, -0.15) is 13.2 Å². The first-order chi connectivity index (χ1) is 10.4. The standard InChI is InChI=1S/C17H17F3O2/c1-22-13-8-6-12(7-9-13)14(10-11-17(18,19)20)15-4-2-3-5-16(15)21/h6-9,14-15H,2-5H2,1H3. The summed E-state index contributed by atoms with van der Waals surface area (Å²) in [6.07, 6.45) is -1.90. The average Bonchev–Trinajstić information content (AvgIpc) is 2.48. The molecule has 2 rings (SSSR count). The zero-order chi connectivity index (χ0) is 16.2. The van der Waals surface area contributed by atoms with Gasteiger partial charge in [-0.3, -0.25) is 4.79 Å². The number of hydrogen-bond donors (Lipinski definition) is 0. The van der Waals surface area contributed by atoms with E-state index in [1.54, 1.807) is 24.3 Å². The van der Waals surface area contributed by atoms with Crippen molar-refractivity contribution >= 4 is 5.78 Å². The second-order valence-corrected chi connectivity index (χ2v) is 5.34. The molecular formula is C17H17F3O2. The minimum atomic E-state index is -4.55. The Morgan fingerprint density at radius 2 is 1.91 bits per heavy atom. The molecule has 0 radical (unpaired) electrons. The van der Waals surface area contributed by atoms with Crippen molar-refractivity contribution in [2.24, 2.45) is 5.92 Å². The van der Waals surface area contributed by atoms with Crippen LogP contribution in [0.15, 0.2) is 24.3 Å².